The second kappa shape index (κ2) is 6.42. The van der Waals surface area contributed by atoms with E-state index in [-0.39, 0.29) is 18.9 Å². The van der Waals surface area contributed by atoms with E-state index in [0.29, 0.717) is 34.1 Å². The van der Waals surface area contributed by atoms with Crippen LogP contribution in [-0.2, 0) is 4.79 Å². The van der Waals surface area contributed by atoms with E-state index in [4.69, 9.17) is 20.8 Å². The Labute approximate surface area is 159 Å². The number of ether oxygens (including phenoxy) is 1. The lowest BCUT2D eigenvalue weighted by atomic mass is 9.93. The van der Waals surface area contributed by atoms with E-state index >= 15 is 0 Å². The van der Waals surface area contributed by atoms with Crippen molar-refractivity contribution < 1.29 is 13.9 Å². The molecule has 0 unspecified atom stereocenters. The van der Waals surface area contributed by atoms with Gasteiger partial charge in [-0.25, -0.2) is 9.97 Å². The van der Waals surface area contributed by atoms with Crippen LogP contribution in [0.25, 0.3) is 22.3 Å². The molecule has 1 amide bonds. The van der Waals surface area contributed by atoms with Crippen LogP contribution in [-0.4, -0.2) is 27.0 Å². The van der Waals surface area contributed by atoms with Gasteiger partial charge >= 0.3 is 0 Å². The first-order valence-electron chi connectivity index (χ1n) is 8.96. The molecule has 0 aromatic carbocycles. The molecule has 1 saturated carbocycles. The maximum Gasteiger partial charge on any atom is 0.230 e. The van der Waals surface area contributed by atoms with E-state index in [1.807, 2.05) is 28.8 Å². The van der Waals surface area contributed by atoms with Crippen LogP contribution >= 0.6 is 11.6 Å². The lowest BCUT2D eigenvalue weighted by molar-refractivity contribution is -0.116. The Morgan fingerprint density at radius 3 is 2.89 bits per heavy atom. The first kappa shape index (κ1) is 16.4. The van der Waals surface area contributed by atoms with Gasteiger partial charge in [-0.1, -0.05) is 11.6 Å². The molecule has 2 bridgehead atoms. The van der Waals surface area contributed by atoms with Crippen molar-refractivity contribution in [2.24, 2.45) is 0 Å². The van der Waals surface area contributed by atoms with Crippen LogP contribution < -0.4 is 10.1 Å². The number of hydrogen-bond acceptors (Lipinski definition) is 5. The first-order chi connectivity index (χ1) is 13.2. The average molecular weight is 385 g/mol. The summed E-state index contributed by atoms with van der Waals surface area (Å²) in [4.78, 5) is 21.3. The molecule has 8 heteroatoms. The lowest BCUT2D eigenvalue weighted by Gasteiger charge is -2.28. The average Bonchev–Trinajstić information content (AvgIpc) is 3.29. The van der Waals surface area contributed by atoms with Crippen molar-refractivity contribution in [3.05, 3.63) is 35.5 Å². The zero-order chi connectivity index (χ0) is 18.4. The summed E-state index contributed by atoms with van der Waals surface area (Å²) in [5.41, 5.74) is 2.90. The molecular formula is C19H17ClN4O3. The van der Waals surface area contributed by atoms with Gasteiger partial charge in [0.1, 0.15) is 16.3 Å². The molecule has 0 saturated heterocycles. The van der Waals surface area contributed by atoms with E-state index < -0.39 is 0 Å². The highest BCUT2D eigenvalue weighted by Crippen LogP contribution is 2.37. The van der Waals surface area contributed by atoms with Crippen molar-refractivity contribution in [3.8, 4) is 5.75 Å². The van der Waals surface area contributed by atoms with Gasteiger partial charge in [0.25, 0.3) is 0 Å². The number of hydrogen-bond donors (Lipinski definition) is 1. The fraction of sp³-hybridized carbons (Fsp3) is 0.316. The topological polar surface area (TPSA) is 82.2 Å². The molecule has 0 atom stereocenters. The standard InChI is InChI=1S/C19H17ClN4O3/c20-16-7-5-13-18(22-16)24(11-2-1-3-11)19(21-13)23-17(25)8-9-26-15-10-12-4-6-14(15)27-12/h4-7,10-11H,1-3,8-9H2,(H,21,23,25). The van der Waals surface area contributed by atoms with Gasteiger partial charge in [0, 0.05) is 12.1 Å². The van der Waals surface area contributed by atoms with Gasteiger partial charge in [-0.2, -0.15) is 0 Å². The molecule has 5 rings (SSSR count). The summed E-state index contributed by atoms with van der Waals surface area (Å²) in [7, 11) is 0. The maximum atomic E-state index is 12.4. The van der Waals surface area contributed by atoms with Crippen LogP contribution in [0.4, 0.5) is 5.95 Å². The van der Waals surface area contributed by atoms with Crippen molar-refractivity contribution >= 4 is 45.8 Å². The molecule has 0 aliphatic heterocycles. The van der Waals surface area contributed by atoms with E-state index in [2.05, 4.69) is 15.3 Å². The summed E-state index contributed by atoms with van der Waals surface area (Å²) in [6, 6.07) is 9.37. The molecule has 7 nitrogen and oxygen atoms in total. The number of carbonyl (C=O) groups excluding carboxylic acids is 1. The first-order valence-corrected chi connectivity index (χ1v) is 9.34. The highest BCUT2D eigenvalue weighted by Gasteiger charge is 2.26. The van der Waals surface area contributed by atoms with Crippen molar-refractivity contribution in [3.63, 3.8) is 0 Å². The van der Waals surface area contributed by atoms with E-state index in [9.17, 15) is 4.79 Å². The number of nitrogens with zero attached hydrogens (tertiary/aromatic N) is 3. The Balaban J connectivity index is 1.29. The number of furan rings is 2. The zero-order valence-corrected chi connectivity index (χ0v) is 15.2. The van der Waals surface area contributed by atoms with Gasteiger partial charge < -0.3 is 9.15 Å². The number of anilines is 1. The number of rotatable bonds is 6. The molecule has 1 aliphatic carbocycles. The fourth-order valence-electron chi connectivity index (χ4n) is 3.35. The monoisotopic (exact) mass is 384 g/mol. The number of amides is 1. The second-order valence-corrected chi connectivity index (χ2v) is 7.11. The summed E-state index contributed by atoms with van der Waals surface area (Å²) in [6.07, 6.45) is 3.47. The fourth-order valence-corrected chi connectivity index (χ4v) is 3.49. The zero-order valence-electron chi connectivity index (χ0n) is 14.4. The van der Waals surface area contributed by atoms with E-state index in [1.54, 1.807) is 6.07 Å². The molecule has 1 aliphatic rings. The maximum absolute atomic E-state index is 12.4. The largest absolute Gasteiger partial charge is 0.489 e. The van der Waals surface area contributed by atoms with Crippen LogP contribution in [0, 0.1) is 0 Å². The summed E-state index contributed by atoms with van der Waals surface area (Å²) in [5, 5.41) is 3.32. The van der Waals surface area contributed by atoms with Crippen molar-refractivity contribution in [2.45, 2.75) is 31.7 Å². The van der Waals surface area contributed by atoms with Crippen LogP contribution in [0.2, 0.25) is 5.15 Å². The van der Waals surface area contributed by atoms with E-state index in [1.165, 1.54) is 0 Å². The Bertz CT molecular complexity index is 1110. The molecule has 1 fully saturated rings. The van der Waals surface area contributed by atoms with Crippen LogP contribution in [0.1, 0.15) is 31.7 Å². The summed E-state index contributed by atoms with van der Waals surface area (Å²) < 4.78 is 13.0. The van der Waals surface area contributed by atoms with Crippen LogP contribution in [0.15, 0.2) is 34.7 Å². The summed E-state index contributed by atoms with van der Waals surface area (Å²) in [6.45, 7) is 0.263. The number of pyridine rings is 1. The molecule has 4 aromatic rings. The lowest BCUT2D eigenvalue weighted by Crippen LogP contribution is -2.23. The van der Waals surface area contributed by atoms with Crippen molar-refractivity contribution in [1.82, 2.24) is 14.5 Å². The third-order valence-corrected chi connectivity index (χ3v) is 5.13. The highest BCUT2D eigenvalue weighted by molar-refractivity contribution is 6.29. The minimum atomic E-state index is -0.158. The Kier molecular flexibility index (Phi) is 3.89. The Morgan fingerprint density at radius 1 is 1.30 bits per heavy atom. The SMILES string of the molecule is O=C(CCOc1cc2ccc1o2)Nc1nc2ccc(Cl)nc2n1C1CCC1. The molecule has 1 N–H and O–H groups in total. The van der Waals surface area contributed by atoms with Crippen LogP contribution in [0.5, 0.6) is 5.75 Å². The normalized spacial score (nSPS) is 14.7. The molecule has 4 heterocycles. The number of aromatic nitrogens is 3. The summed E-state index contributed by atoms with van der Waals surface area (Å²) >= 11 is 6.05. The molecule has 4 aromatic heterocycles. The number of halogens is 1. The Morgan fingerprint density at radius 2 is 2.19 bits per heavy atom. The highest BCUT2D eigenvalue weighted by atomic mass is 35.5. The van der Waals surface area contributed by atoms with Gasteiger partial charge in [-0.05, 0) is 43.5 Å². The van der Waals surface area contributed by atoms with Crippen LogP contribution in [0.3, 0.4) is 0 Å². The van der Waals surface area contributed by atoms with Gasteiger partial charge in [0.05, 0.1) is 13.0 Å². The van der Waals surface area contributed by atoms with Crippen molar-refractivity contribution in [1.29, 1.82) is 0 Å². The second-order valence-electron chi connectivity index (χ2n) is 6.72. The summed E-state index contributed by atoms with van der Waals surface area (Å²) in [5.74, 6) is 1.03. The van der Waals surface area contributed by atoms with Crippen molar-refractivity contribution in [2.75, 3.05) is 11.9 Å². The molecule has 0 radical (unpaired) electrons. The number of benzene rings is 1. The third kappa shape index (κ3) is 2.98. The Hall–Kier alpha value is -2.80. The van der Waals surface area contributed by atoms with Gasteiger partial charge in [-0.3, -0.25) is 14.7 Å². The predicted octanol–water partition coefficient (Wildman–Crippen LogP) is 4.40. The number of carbonyl (C=O) groups is 1. The van der Waals surface area contributed by atoms with Gasteiger partial charge in [0.15, 0.2) is 17.0 Å². The molecule has 138 valence electrons. The molecule has 27 heavy (non-hydrogen) atoms. The van der Waals surface area contributed by atoms with Gasteiger partial charge in [-0.15, -0.1) is 0 Å². The third-order valence-electron chi connectivity index (χ3n) is 4.92. The van der Waals surface area contributed by atoms with E-state index in [0.717, 1.165) is 30.4 Å². The predicted molar refractivity (Wildman–Crippen MR) is 102 cm³/mol. The number of nitrogens with one attached hydrogen (secondary N) is 1. The number of imidazole rings is 1. The minimum Gasteiger partial charge on any atom is -0.489 e. The quantitative estimate of drug-likeness (QED) is 0.498. The number of fused-ring (bicyclic) bond motifs is 3. The minimum absolute atomic E-state index is 0.158. The molecule has 0 spiro atoms. The smallest absolute Gasteiger partial charge is 0.230 e. The van der Waals surface area contributed by atoms with Gasteiger partial charge in [0.2, 0.25) is 11.9 Å². The molecular weight excluding hydrogens is 368 g/mol.